The molecule has 2 aromatic carbocycles. The lowest BCUT2D eigenvalue weighted by Gasteiger charge is -2.13. The highest BCUT2D eigenvalue weighted by Gasteiger charge is 2.04. The summed E-state index contributed by atoms with van der Waals surface area (Å²) in [5, 5.41) is 7.11. The first-order chi connectivity index (χ1) is 11.5. The highest BCUT2D eigenvalue weighted by atomic mass is 32.1. The maximum absolute atomic E-state index is 5.41. The van der Waals surface area contributed by atoms with Crippen molar-refractivity contribution in [1.29, 1.82) is 0 Å². The van der Waals surface area contributed by atoms with E-state index in [1.165, 1.54) is 16.7 Å². The van der Waals surface area contributed by atoms with Crippen LogP contribution in [0.2, 0.25) is 0 Å². The number of aryl methyl sites for hydroxylation is 1. The van der Waals surface area contributed by atoms with Gasteiger partial charge in [-0.2, -0.15) is 0 Å². The number of rotatable bonds is 6. The fourth-order valence-corrected chi connectivity index (χ4v) is 2.76. The Morgan fingerprint density at radius 2 is 1.83 bits per heavy atom. The van der Waals surface area contributed by atoms with Crippen LogP contribution in [0, 0.1) is 6.92 Å². The van der Waals surface area contributed by atoms with Crippen molar-refractivity contribution in [1.82, 2.24) is 5.32 Å². The molecule has 0 saturated heterocycles. The van der Waals surface area contributed by atoms with Crippen molar-refractivity contribution in [3.8, 4) is 5.75 Å². The lowest BCUT2D eigenvalue weighted by molar-refractivity contribution is 0.409. The van der Waals surface area contributed by atoms with Gasteiger partial charge in [-0.3, -0.25) is 0 Å². The average molecular weight is 343 g/mol. The molecule has 4 heteroatoms. The molecule has 0 spiro atoms. The van der Waals surface area contributed by atoms with Crippen LogP contribution in [-0.2, 0) is 6.42 Å². The first kappa shape index (κ1) is 18.3. The van der Waals surface area contributed by atoms with E-state index in [0.717, 1.165) is 24.4 Å². The summed E-state index contributed by atoms with van der Waals surface area (Å²) in [6.07, 6.45) is 0.860. The van der Waals surface area contributed by atoms with Gasteiger partial charge in [-0.25, -0.2) is 0 Å². The van der Waals surface area contributed by atoms with E-state index in [9.17, 15) is 0 Å². The minimum atomic E-state index is 0.536. The molecule has 0 aliphatic rings. The fourth-order valence-electron chi connectivity index (χ4n) is 2.54. The van der Waals surface area contributed by atoms with Gasteiger partial charge in [0.05, 0.1) is 7.11 Å². The lowest BCUT2D eigenvalue weighted by Crippen LogP contribution is -2.30. The maximum atomic E-state index is 5.41. The first-order valence-electron chi connectivity index (χ1n) is 8.28. The van der Waals surface area contributed by atoms with E-state index >= 15 is 0 Å². The summed E-state index contributed by atoms with van der Waals surface area (Å²) in [6.45, 7) is 7.22. The summed E-state index contributed by atoms with van der Waals surface area (Å²) in [7, 11) is 1.70. The molecule has 0 aliphatic carbocycles. The van der Waals surface area contributed by atoms with Gasteiger partial charge in [0.1, 0.15) is 5.75 Å². The van der Waals surface area contributed by atoms with Crippen LogP contribution in [0.4, 0.5) is 5.69 Å². The molecule has 0 amide bonds. The summed E-state index contributed by atoms with van der Waals surface area (Å²) < 4.78 is 5.41. The van der Waals surface area contributed by atoms with Crippen LogP contribution in [0.25, 0.3) is 0 Å². The predicted molar refractivity (Wildman–Crippen MR) is 106 cm³/mol. The first-order valence-corrected chi connectivity index (χ1v) is 8.68. The second-order valence-electron chi connectivity index (χ2n) is 6.22. The van der Waals surface area contributed by atoms with Crippen molar-refractivity contribution in [2.75, 3.05) is 19.0 Å². The van der Waals surface area contributed by atoms with Gasteiger partial charge >= 0.3 is 0 Å². The Morgan fingerprint density at radius 1 is 1.12 bits per heavy atom. The minimum Gasteiger partial charge on any atom is -0.496 e. The maximum Gasteiger partial charge on any atom is 0.170 e. The molecule has 24 heavy (non-hydrogen) atoms. The molecule has 0 fully saturated rings. The summed E-state index contributed by atoms with van der Waals surface area (Å²) in [4.78, 5) is 0. The fraction of sp³-hybridized carbons (Fsp3) is 0.350. The summed E-state index contributed by atoms with van der Waals surface area (Å²) in [6, 6.07) is 14.6. The van der Waals surface area contributed by atoms with Gasteiger partial charge in [0, 0.05) is 12.2 Å². The molecule has 0 radical (unpaired) electrons. The van der Waals surface area contributed by atoms with Crippen LogP contribution in [0.3, 0.4) is 0 Å². The molecule has 0 aromatic heterocycles. The normalized spacial score (nSPS) is 10.5. The van der Waals surface area contributed by atoms with E-state index in [-0.39, 0.29) is 0 Å². The van der Waals surface area contributed by atoms with E-state index in [1.807, 2.05) is 6.07 Å². The van der Waals surface area contributed by atoms with E-state index in [4.69, 9.17) is 17.0 Å². The van der Waals surface area contributed by atoms with Gasteiger partial charge < -0.3 is 15.4 Å². The second-order valence-corrected chi connectivity index (χ2v) is 6.63. The Morgan fingerprint density at radius 3 is 2.46 bits per heavy atom. The largest absolute Gasteiger partial charge is 0.496 e. The molecule has 0 unspecified atom stereocenters. The van der Waals surface area contributed by atoms with Gasteiger partial charge in [-0.05, 0) is 60.8 Å². The average Bonchev–Trinajstić information content (AvgIpc) is 2.55. The number of nitrogens with one attached hydrogen (secondary N) is 2. The number of hydrogen-bond donors (Lipinski definition) is 2. The Hall–Kier alpha value is -2.07. The van der Waals surface area contributed by atoms with E-state index in [2.05, 4.69) is 67.8 Å². The third-order valence-corrected chi connectivity index (χ3v) is 4.20. The summed E-state index contributed by atoms with van der Waals surface area (Å²) >= 11 is 5.37. The smallest absolute Gasteiger partial charge is 0.170 e. The Kier molecular flexibility index (Phi) is 6.62. The molecular formula is C20H26N2OS. The van der Waals surface area contributed by atoms with Gasteiger partial charge in [0.2, 0.25) is 0 Å². The zero-order chi connectivity index (χ0) is 17.5. The van der Waals surface area contributed by atoms with Gasteiger partial charge in [-0.15, -0.1) is 0 Å². The number of anilines is 1. The number of benzene rings is 2. The molecule has 3 nitrogen and oxygen atoms in total. The standard InChI is InChI=1S/C20H26N2OS/c1-14(2)16-6-8-18(9-7-16)22-20(24)21-12-11-17-13-15(3)5-10-19(17)23-4/h5-10,13-14H,11-12H2,1-4H3,(H2,21,22,24). The number of methoxy groups -OCH3 is 1. The molecular weight excluding hydrogens is 316 g/mol. The second kappa shape index (κ2) is 8.69. The van der Waals surface area contributed by atoms with E-state index in [0.29, 0.717) is 11.0 Å². The lowest BCUT2D eigenvalue weighted by atomic mass is 10.0. The van der Waals surface area contributed by atoms with Crippen LogP contribution in [0.15, 0.2) is 42.5 Å². The quantitative estimate of drug-likeness (QED) is 0.748. The molecule has 2 aromatic rings. The van der Waals surface area contributed by atoms with Crippen molar-refractivity contribution < 1.29 is 4.74 Å². The van der Waals surface area contributed by atoms with Crippen molar-refractivity contribution in [2.45, 2.75) is 33.1 Å². The topological polar surface area (TPSA) is 33.3 Å². The molecule has 0 aliphatic heterocycles. The zero-order valence-corrected chi connectivity index (χ0v) is 15.7. The van der Waals surface area contributed by atoms with Crippen LogP contribution in [0.5, 0.6) is 5.75 Å². The minimum absolute atomic E-state index is 0.536. The van der Waals surface area contributed by atoms with Crippen molar-refractivity contribution >= 4 is 23.0 Å². The highest BCUT2D eigenvalue weighted by molar-refractivity contribution is 7.80. The van der Waals surface area contributed by atoms with Gasteiger partial charge in [-0.1, -0.05) is 43.7 Å². The molecule has 0 saturated carbocycles. The van der Waals surface area contributed by atoms with Crippen LogP contribution in [-0.4, -0.2) is 18.8 Å². The van der Waals surface area contributed by atoms with E-state index < -0.39 is 0 Å². The van der Waals surface area contributed by atoms with Crippen LogP contribution < -0.4 is 15.4 Å². The summed E-state index contributed by atoms with van der Waals surface area (Å²) in [5.74, 6) is 1.46. The monoisotopic (exact) mass is 342 g/mol. The molecule has 0 heterocycles. The van der Waals surface area contributed by atoms with Gasteiger partial charge in [0.15, 0.2) is 5.11 Å². The molecule has 0 bridgehead atoms. The van der Waals surface area contributed by atoms with Crippen molar-refractivity contribution in [3.05, 3.63) is 59.2 Å². The Balaban J connectivity index is 1.84. The van der Waals surface area contributed by atoms with Crippen LogP contribution >= 0.6 is 12.2 Å². The zero-order valence-electron chi connectivity index (χ0n) is 14.8. The van der Waals surface area contributed by atoms with E-state index in [1.54, 1.807) is 7.11 Å². The molecule has 2 rings (SSSR count). The number of thiocarbonyl (C=S) groups is 1. The Bertz CT molecular complexity index is 681. The third-order valence-electron chi connectivity index (χ3n) is 3.95. The number of hydrogen-bond acceptors (Lipinski definition) is 2. The van der Waals surface area contributed by atoms with Crippen molar-refractivity contribution in [3.63, 3.8) is 0 Å². The third kappa shape index (κ3) is 5.24. The summed E-state index contributed by atoms with van der Waals surface area (Å²) in [5.41, 5.74) is 4.75. The highest BCUT2D eigenvalue weighted by Crippen LogP contribution is 2.20. The van der Waals surface area contributed by atoms with Gasteiger partial charge in [0.25, 0.3) is 0 Å². The molecule has 0 atom stereocenters. The number of ether oxygens (including phenoxy) is 1. The van der Waals surface area contributed by atoms with Crippen molar-refractivity contribution in [2.24, 2.45) is 0 Å². The molecule has 128 valence electrons. The predicted octanol–water partition coefficient (Wildman–Crippen LogP) is 4.66. The van der Waals surface area contributed by atoms with Crippen LogP contribution in [0.1, 0.15) is 36.5 Å². The molecule has 2 N–H and O–H groups in total. The Labute approximate surface area is 150 Å². The SMILES string of the molecule is COc1ccc(C)cc1CCNC(=S)Nc1ccc(C(C)C)cc1.